The van der Waals surface area contributed by atoms with Gasteiger partial charge in [-0.2, -0.15) is 0 Å². The standard InChI is InChI=1S/C6H12N2O4S/c1-13(12)3-4(7)6(11)8-2-5(9)10/h4H,2-3,7H2,1H3,(H,8,11)(H,9,10)/t4-,13?/m0/s1. The average molecular weight is 208 g/mol. The highest BCUT2D eigenvalue weighted by Crippen LogP contribution is 1.88. The zero-order valence-corrected chi connectivity index (χ0v) is 7.97. The van der Waals surface area contributed by atoms with Gasteiger partial charge in [-0.25, -0.2) is 0 Å². The van der Waals surface area contributed by atoms with E-state index in [1.54, 1.807) is 0 Å². The third-order valence-corrected chi connectivity index (χ3v) is 1.99. The molecule has 0 heterocycles. The maximum Gasteiger partial charge on any atom is 0.322 e. The summed E-state index contributed by atoms with van der Waals surface area (Å²) < 4.78 is 10.6. The van der Waals surface area contributed by atoms with Gasteiger partial charge in [-0.1, -0.05) is 11.2 Å². The number of carbonyl (C=O) groups excluding carboxylic acids is 1. The summed E-state index contributed by atoms with van der Waals surface area (Å²) in [6.45, 7) is -0.469. The van der Waals surface area contributed by atoms with Crippen LogP contribution in [0.5, 0.6) is 0 Å². The van der Waals surface area contributed by atoms with Gasteiger partial charge in [-0.05, 0) is 0 Å². The number of aliphatic carboxylic acids is 1. The van der Waals surface area contributed by atoms with Crippen LogP contribution in [0.25, 0.3) is 0 Å². The highest BCUT2D eigenvalue weighted by molar-refractivity contribution is 7.90. The molecule has 13 heavy (non-hydrogen) atoms. The van der Waals surface area contributed by atoms with Crippen LogP contribution in [-0.4, -0.2) is 46.1 Å². The predicted molar refractivity (Wildman–Crippen MR) is 47.6 cm³/mol. The maximum absolute atomic E-state index is 10.9. The van der Waals surface area contributed by atoms with Crippen LogP contribution in [0.2, 0.25) is 0 Å². The van der Waals surface area contributed by atoms with Crippen molar-refractivity contribution in [3.63, 3.8) is 0 Å². The van der Waals surface area contributed by atoms with Crippen LogP contribution in [0.3, 0.4) is 0 Å². The predicted octanol–water partition coefficient (Wildman–Crippen LogP) is -2.11. The molecule has 0 fully saturated rings. The van der Waals surface area contributed by atoms with Crippen molar-refractivity contribution in [3.05, 3.63) is 0 Å². The molecule has 0 radical (unpaired) electrons. The van der Waals surface area contributed by atoms with E-state index in [2.05, 4.69) is 5.32 Å². The van der Waals surface area contributed by atoms with Gasteiger partial charge in [0.25, 0.3) is 0 Å². The lowest BCUT2D eigenvalue weighted by atomic mass is 10.3. The average Bonchev–Trinajstić information content (AvgIpc) is 1.98. The van der Waals surface area contributed by atoms with Crippen LogP contribution in [-0.2, 0) is 20.8 Å². The third-order valence-electron chi connectivity index (χ3n) is 1.16. The summed E-state index contributed by atoms with van der Waals surface area (Å²) in [4.78, 5) is 21.0. The quantitative estimate of drug-likeness (QED) is 0.447. The minimum atomic E-state index is -1.16. The smallest absolute Gasteiger partial charge is 0.322 e. The monoisotopic (exact) mass is 208 g/mol. The first-order valence-electron chi connectivity index (χ1n) is 3.48. The molecule has 1 unspecified atom stereocenters. The highest BCUT2D eigenvalue weighted by atomic mass is 32.2. The van der Waals surface area contributed by atoms with Crippen molar-refractivity contribution in [1.29, 1.82) is 0 Å². The lowest BCUT2D eigenvalue weighted by Gasteiger charge is -2.11. The molecule has 76 valence electrons. The van der Waals surface area contributed by atoms with Crippen molar-refractivity contribution in [2.75, 3.05) is 18.6 Å². The molecule has 0 saturated carbocycles. The number of carboxylic acids is 1. The van der Waals surface area contributed by atoms with Crippen molar-refractivity contribution in [1.82, 2.24) is 5.32 Å². The molecule has 4 N–H and O–H groups in total. The van der Waals surface area contributed by atoms with Gasteiger partial charge >= 0.3 is 5.97 Å². The van der Waals surface area contributed by atoms with Gasteiger partial charge in [-0.15, -0.1) is 0 Å². The lowest BCUT2D eigenvalue weighted by Crippen LogP contribution is -2.46. The second kappa shape index (κ2) is 5.79. The van der Waals surface area contributed by atoms with Gasteiger partial charge in [0.15, 0.2) is 0 Å². The molecule has 0 bridgehead atoms. The Hall–Kier alpha value is -0.790. The number of hydrogen-bond donors (Lipinski definition) is 3. The molecule has 0 aliphatic heterocycles. The number of nitrogens with two attached hydrogens (primary N) is 1. The fraction of sp³-hybridized carbons (Fsp3) is 0.667. The molecule has 6 nitrogen and oxygen atoms in total. The van der Waals surface area contributed by atoms with Crippen LogP contribution in [0.4, 0.5) is 0 Å². The summed E-state index contributed by atoms with van der Waals surface area (Å²) in [6, 6.07) is -0.912. The Morgan fingerprint density at radius 3 is 2.62 bits per heavy atom. The van der Waals surface area contributed by atoms with E-state index in [0.29, 0.717) is 0 Å². The van der Waals surface area contributed by atoms with E-state index in [4.69, 9.17) is 10.8 Å². The molecular weight excluding hydrogens is 196 g/mol. The van der Waals surface area contributed by atoms with Gasteiger partial charge in [-0.3, -0.25) is 9.59 Å². The van der Waals surface area contributed by atoms with Gasteiger partial charge in [0.1, 0.15) is 18.3 Å². The van der Waals surface area contributed by atoms with Crippen molar-refractivity contribution < 1.29 is 19.2 Å². The first-order chi connectivity index (χ1) is 5.93. The van der Waals surface area contributed by atoms with E-state index in [1.807, 2.05) is 0 Å². The van der Waals surface area contributed by atoms with Gasteiger partial charge in [0.05, 0.1) is 6.26 Å². The van der Waals surface area contributed by atoms with Gasteiger partial charge < -0.3 is 20.7 Å². The van der Waals surface area contributed by atoms with E-state index >= 15 is 0 Å². The molecule has 0 aromatic heterocycles. The van der Waals surface area contributed by atoms with Crippen LogP contribution in [0, 0.1) is 0 Å². The number of rotatable bonds is 5. The Labute approximate surface area is 78.7 Å². The van der Waals surface area contributed by atoms with Gasteiger partial charge in [0, 0.05) is 0 Å². The molecule has 0 spiro atoms. The van der Waals surface area contributed by atoms with Crippen molar-refractivity contribution in [3.8, 4) is 0 Å². The number of carboxylic acid groups (broad SMARTS) is 1. The molecular formula is C6H12N2O4S. The molecule has 0 aromatic carbocycles. The first kappa shape index (κ1) is 12.2. The largest absolute Gasteiger partial charge is 0.616 e. The molecule has 0 aliphatic rings. The number of nitrogens with one attached hydrogen (secondary N) is 1. The zero-order chi connectivity index (χ0) is 10.4. The minimum Gasteiger partial charge on any atom is -0.616 e. The second-order valence-electron chi connectivity index (χ2n) is 2.46. The second-order valence-corrected chi connectivity index (χ2v) is 3.94. The van der Waals surface area contributed by atoms with Crippen LogP contribution >= 0.6 is 0 Å². The molecule has 0 rings (SSSR count). The minimum absolute atomic E-state index is 0.0332. The van der Waals surface area contributed by atoms with E-state index in [9.17, 15) is 14.1 Å². The van der Waals surface area contributed by atoms with Crippen molar-refractivity contribution >= 4 is 23.1 Å². The number of hydrogen-bond acceptors (Lipinski definition) is 4. The Morgan fingerprint density at radius 2 is 2.23 bits per heavy atom. The molecule has 0 aliphatic carbocycles. The topological polar surface area (TPSA) is 115 Å². The summed E-state index contributed by atoms with van der Waals surface area (Å²) in [5.74, 6) is -1.71. The van der Waals surface area contributed by atoms with Crippen LogP contribution in [0.15, 0.2) is 0 Å². The molecule has 0 aromatic rings. The summed E-state index contributed by atoms with van der Waals surface area (Å²) in [7, 11) is 0. The van der Waals surface area contributed by atoms with E-state index in [1.165, 1.54) is 6.26 Å². The van der Waals surface area contributed by atoms with E-state index < -0.39 is 35.6 Å². The van der Waals surface area contributed by atoms with Crippen LogP contribution in [0.1, 0.15) is 0 Å². The molecule has 2 atom stereocenters. The van der Waals surface area contributed by atoms with Crippen LogP contribution < -0.4 is 11.1 Å². The van der Waals surface area contributed by atoms with E-state index in [0.717, 1.165) is 0 Å². The molecule has 0 saturated heterocycles. The summed E-state index contributed by atoms with van der Waals surface area (Å²) >= 11 is -1.16. The van der Waals surface area contributed by atoms with Gasteiger partial charge in [0.2, 0.25) is 5.91 Å². The maximum atomic E-state index is 10.9. The lowest BCUT2D eigenvalue weighted by molar-refractivity contribution is -0.138. The SMILES string of the molecule is C[S+]([O-])C[C@H](N)C(=O)NCC(=O)O. The Morgan fingerprint density at radius 1 is 1.69 bits per heavy atom. The fourth-order valence-corrected chi connectivity index (χ4v) is 1.28. The number of amides is 1. The molecule has 7 heteroatoms. The first-order valence-corrected chi connectivity index (χ1v) is 5.21. The Balaban J connectivity index is 3.76. The Bertz CT molecular complexity index is 197. The highest BCUT2D eigenvalue weighted by Gasteiger charge is 2.17. The normalized spacial score (nSPS) is 14.7. The zero-order valence-electron chi connectivity index (χ0n) is 7.15. The fourth-order valence-electron chi connectivity index (χ4n) is 0.622. The van der Waals surface area contributed by atoms with E-state index in [-0.39, 0.29) is 5.75 Å². The van der Waals surface area contributed by atoms with Crippen molar-refractivity contribution in [2.45, 2.75) is 6.04 Å². The summed E-state index contributed by atoms with van der Waals surface area (Å²) in [5, 5.41) is 10.3. The third kappa shape index (κ3) is 6.38. The number of carbonyl (C=O) groups is 2. The summed E-state index contributed by atoms with van der Waals surface area (Å²) in [5.41, 5.74) is 5.31. The summed E-state index contributed by atoms with van der Waals surface area (Å²) in [6.07, 6.45) is 1.42. The molecule has 1 amide bonds. The van der Waals surface area contributed by atoms with Crippen molar-refractivity contribution in [2.24, 2.45) is 5.73 Å². The Kier molecular flexibility index (Phi) is 5.44.